The molecule has 1 aliphatic heterocycles. The highest BCUT2D eigenvalue weighted by Gasteiger charge is 2.27. The van der Waals surface area contributed by atoms with Gasteiger partial charge in [-0.3, -0.25) is 10.1 Å². The lowest BCUT2D eigenvalue weighted by Gasteiger charge is -2.12. The van der Waals surface area contributed by atoms with E-state index in [1.54, 1.807) is 6.92 Å². The van der Waals surface area contributed by atoms with Crippen LogP contribution in [0.15, 0.2) is 28.9 Å². The van der Waals surface area contributed by atoms with E-state index in [1.165, 1.54) is 12.3 Å². The summed E-state index contributed by atoms with van der Waals surface area (Å²) in [5, 5.41) is 14.4. The zero-order chi connectivity index (χ0) is 18.7. The van der Waals surface area contributed by atoms with E-state index in [2.05, 4.69) is 26.2 Å². The van der Waals surface area contributed by atoms with Gasteiger partial charge in [-0.15, -0.1) is 0 Å². The lowest BCUT2D eigenvalue weighted by molar-refractivity contribution is -0.384. The normalized spacial score (nSPS) is 12.2. The first-order valence-electron chi connectivity index (χ1n) is 7.99. The highest BCUT2D eigenvalue weighted by Crippen LogP contribution is 2.34. The third kappa shape index (κ3) is 3.62. The number of ether oxygens (including phenoxy) is 2. The van der Waals surface area contributed by atoms with E-state index in [1.807, 2.05) is 12.1 Å². The van der Waals surface area contributed by atoms with Crippen molar-refractivity contribution in [3.63, 3.8) is 0 Å². The Morgan fingerprint density at radius 2 is 2.31 bits per heavy atom. The molecule has 0 aliphatic carbocycles. The molecule has 0 radical (unpaired) electrons. The Balaban J connectivity index is 1.90. The van der Waals surface area contributed by atoms with Gasteiger partial charge in [-0.25, -0.2) is 9.78 Å². The number of pyridine rings is 1. The number of carbonyl (C=O) groups is 1. The van der Waals surface area contributed by atoms with Crippen molar-refractivity contribution in [2.75, 3.05) is 18.5 Å². The Labute approximate surface area is 157 Å². The number of hydrogen-bond acceptors (Lipinski definition) is 7. The Morgan fingerprint density at radius 3 is 3.04 bits per heavy atom. The van der Waals surface area contributed by atoms with Crippen molar-refractivity contribution in [2.24, 2.45) is 0 Å². The summed E-state index contributed by atoms with van der Waals surface area (Å²) in [5.74, 6) is 0.0357. The standard InChI is InChI=1S/C17H16BrN3O5/c1-2-25-17(22)13-3-5-19-16(14(13)21(23)24)20-9-11-8-12(18)7-10-4-6-26-15(10)11/h3,5,7-8H,2,4,6,9H2,1H3,(H,19,20). The number of nitro groups is 1. The van der Waals surface area contributed by atoms with Crippen LogP contribution in [-0.2, 0) is 17.7 Å². The van der Waals surface area contributed by atoms with Gasteiger partial charge in [-0.2, -0.15) is 0 Å². The summed E-state index contributed by atoms with van der Waals surface area (Å²) >= 11 is 3.46. The van der Waals surface area contributed by atoms with E-state index >= 15 is 0 Å². The van der Waals surface area contributed by atoms with Crippen LogP contribution in [0.25, 0.3) is 0 Å². The van der Waals surface area contributed by atoms with Gasteiger partial charge in [0.15, 0.2) is 0 Å². The molecule has 26 heavy (non-hydrogen) atoms. The van der Waals surface area contributed by atoms with Crippen LogP contribution in [-0.4, -0.2) is 29.1 Å². The predicted molar refractivity (Wildman–Crippen MR) is 97.5 cm³/mol. The molecule has 1 aromatic heterocycles. The largest absolute Gasteiger partial charge is 0.493 e. The van der Waals surface area contributed by atoms with Gasteiger partial charge in [-0.05, 0) is 30.7 Å². The van der Waals surface area contributed by atoms with Gasteiger partial charge in [0.05, 0.1) is 18.1 Å². The van der Waals surface area contributed by atoms with Crippen LogP contribution in [0, 0.1) is 10.1 Å². The van der Waals surface area contributed by atoms with E-state index in [0.717, 1.165) is 27.8 Å². The number of benzene rings is 1. The van der Waals surface area contributed by atoms with Crippen LogP contribution < -0.4 is 10.1 Å². The van der Waals surface area contributed by atoms with Gasteiger partial charge in [0.1, 0.15) is 11.3 Å². The molecule has 136 valence electrons. The second-order valence-corrected chi connectivity index (χ2v) is 6.45. The summed E-state index contributed by atoms with van der Waals surface area (Å²) in [7, 11) is 0. The molecular formula is C17H16BrN3O5. The number of rotatable bonds is 6. The second-order valence-electron chi connectivity index (χ2n) is 5.54. The maximum Gasteiger partial charge on any atom is 0.345 e. The smallest absolute Gasteiger partial charge is 0.345 e. The number of hydrogen-bond donors (Lipinski definition) is 1. The fourth-order valence-corrected chi connectivity index (χ4v) is 3.35. The lowest BCUT2D eigenvalue weighted by Crippen LogP contribution is -2.12. The third-order valence-corrected chi connectivity index (χ3v) is 4.33. The number of anilines is 1. The van der Waals surface area contributed by atoms with Gasteiger partial charge in [0.25, 0.3) is 0 Å². The minimum Gasteiger partial charge on any atom is -0.493 e. The molecule has 1 N–H and O–H groups in total. The zero-order valence-corrected chi connectivity index (χ0v) is 15.5. The maximum atomic E-state index is 12.0. The fourth-order valence-electron chi connectivity index (χ4n) is 2.80. The lowest BCUT2D eigenvalue weighted by atomic mass is 10.1. The molecule has 0 bridgehead atoms. The predicted octanol–water partition coefficient (Wildman–Crippen LogP) is 3.48. The molecule has 1 aliphatic rings. The average molecular weight is 422 g/mol. The summed E-state index contributed by atoms with van der Waals surface area (Å²) in [6, 6.07) is 5.16. The van der Waals surface area contributed by atoms with Gasteiger partial charge in [-0.1, -0.05) is 15.9 Å². The second kappa shape index (κ2) is 7.69. The minimum atomic E-state index is -0.753. The van der Waals surface area contributed by atoms with Gasteiger partial charge >= 0.3 is 11.7 Å². The van der Waals surface area contributed by atoms with E-state index in [4.69, 9.17) is 9.47 Å². The molecule has 8 nitrogen and oxygen atoms in total. The molecule has 1 aromatic carbocycles. The number of nitrogens with zero attached hydrogens (tertiary/aromatic N) is 2. The summed E-state index contributed by atoms with van der Waals surface area (Å²) in [6.45, 7) is 2.64. The van der Waals surface area contributed by atoms with E-state index < -0.39 is 16.6 Å². The first-order valence-corrected chi connectivity index (χ1v) is 8.79. The molecule has 0 fully saturated rings. The number of aromatic nitrogens is 1. The Morgan fingerprint density at radius 1 is 1.50 bits per heavy atom. The molecule has 0 saturated heterocycles. The van der Waals surface area contributed by atoms with Crippen LogP contribution in [0.5, 0.6) is 5.75 Å². The van der Waals surface area contributed by atoms with Crippen molar-refractivity contribution in [3.05, 3.63) is 55.7 Å². The quantitative estimate of drug-likeness (QED) is 0.432. The highest BCUT2D eigenvalue weighted by molar-refractivity contribution is 9.10. The van der Waals surface area contributed by atoms with Gasteiger partial charge < -0.3 is 14.8 Å². The SMILES string of the molecule is CCOC(=O)c1ccnc(NCc2cc(Br)cc3c2OCC3)c1[N+](=O)[O-]. The van der Waals surface area contributed by atoms with Crippen LogP contribution in [0.4, 0.5) is 11.5 Å². The Kier molecular flexibility index (Phi) is 5.36. The van der Waals surface area contributed by atoms with E-state index in [9.17, 15) is 14.9 Å². The summed E-state index contributed by atoms with van der Waals surface area (Å²) in [6.07, 6.45) is 2.15. The molecule has 0 atom stereocenters. The monoisotopic (exact) mass is 421 g/mol. The van der Waals surface area contributed by atoms with Gasteiger partial charge in [0, 0.05) is 29.2 Å². The fraction of sp³-hybridized carbons (Fsp3) is 0.294. The van der Waals surface area contributed by atoms with Crippen molar-refractivity contribution in [1.82, 2.24) is 4.98 Å². The minimum absolute atomic E-state index is 0.00674. The van der Waals surface area contributed by atoms with Gasteiger partial charge in [0.2, 0.25) is 5.82 Å². The number of esters is 1. The average Bonchev–Trinajstić information content (AvgIpc) is 3.07. The molecule has 0 amide bonds. The molecule has 9 heteroatoms. The number of carbonyl (C=O) groups excluding carboxylic acids is 1. The van der Waals surface area contributed by atoms with Crippen molar-refractivity contribution in [3.8, 4) is 5.75 Å². The van der Waals surface area contributed by atoms with Crippen molar-refractivity contribution >= 4 is 33.4 Å². The Bertz CT molecular complexity index is 872. The molecule has 0 spiro atoms. The first kappa shape index (κ1) is 18.1. The first-order chi connectivity index (χ1) is 12.5. The summed E-state index contributed by atoms with van der Waals surface area (Å²) in [5.41, 5.74) is 1.40. The number of halogens is 1. The van der Waals surface area contributed by atoms with Crippen molar-refractivity contribution in [1.29, 1.82) is 0 Å². The zero-order valence-electron chi connectivity index (χ0n) is 14.0. The number of nitrogens with one attached hydrogen (secondary N) is 1. The van der Waals surface area contributed by atoms with E-state index in [0.29, 0.717) is 6.61 Å². The van der Waals surface area contributed by atoms with Crippen LogP contribution in [0.2, 0.25) is 0 Å². The number of fused-ring (bicyclic) bond motifs is 1. The topological polar surface area (TPSA) is 104 Å². The molecular weight excluding hydrogens is 406 g/mol. The highest BCUT2D eigenvalue weighted by atomic mass is 79.9. The Hall–Kier alpha value is -2.68. The van der Waals surface area contributed by atoms with Crippen LogP contribution in [0.3, 0.4) is 0 Å². The summed E-state index contributed by atoms with van der Waals surface area (Å²) in [4.78, 5) is 26.9. The molecule has 2 aromatic rings. The summed E-state index contributed by atoms with van der Waals surface area (Å²) < 4.78 is 11.4. The molecule has 0 unspecified atom stereocenters. The molecule has 2 heterocycles. The van der Waals surface area contributed by atoms with E-state index in [-0.39, 0.29) is 24.5 Å². The van der Waals surface area contributed by atoms with Crippen LogP contribution in [0.1, 0.15) is 28.4 Å². The molecule has 3 rings (SSSR count). The molecule has 0 saturated carbocycles. The third-order valence-electron chi connectivity index (χ3n) is 3.87. The van der Waals surface area contributed by atoms with Crippen molar-refractivity contribution in [2.45, 2.75) is 19.9 Å². The van der Waals surface area contributed by atoms with Crippen LogP contribution >= 0.6 is 15.9 Å². The van der Waals surface area contributed by atoms with Crippen molar-refractivity contribution < 1.29 is 19.2 Å². The maximum absolute atomic E-state index is 12.0.